The van der Waals surface area contributed by atoms with Crippen molar-refractivity contribution in [1.82, 2.24) is 5.32 Å². The molecule has 1 aliphatic rings. The van der Waals surface area contributed by atoms with Crippen molar-refractivity contribution in [3.8, 4) is 5.75 Å². The van der Waals surface area contributed by atoms with Crippen LogP contribution in [0.15, 0.2) is 24.3 Å². The molecule has 106 valence electrons. The standard InChI is InChI=1S/C17H27NO/c1-12-8-7-9-13(2)17(12)18-14(3)15-10-5-6-11-16(15)19-4/h5-6,10-14,17-18H,7-9H2,1-4H3/t12?,13?,14-,17?/m1/s1. The molecular weight excluding hydrogens is 234 g/mol. The quantitative estimate of drug-likeness (QED) is 0.878. The largest absolute Gasteiger partial charge is 0.496 e. The Balaban J connectivity index is 2.09. The summed E-state index contributed by atoms with van der Waals surface area (Å²) in [6.45, 7) is 7.00. The molecule has 2 nitrogen and oxygen atoms in total. The van der Waals surface area contributed by atoms with Gasteiger partial charge in [-0.1, -0.05) is 38.5 Å². The maximum Gasteiger partial charge on any atom is 0.123 e. The first kappa shape index (κ1) is 14.4. The highest BCUT2D eigenvalue weighted by Gasteiger charge is 2.29. The molecular formula is C17H27NO. The highest BCUT2D eigenvalue weighted by atomic mass is 16.5. The summed E-state index contributed by atoms with van der Waals surface area (Å²) < 4.78 is 5.47. The van der Waals surface area contributed by atoms with Gasteiger partial charge in [0.05, 0.1) is 7.11 Å². The maximum atomic E-state index is 5.47. The number of benzene rings is 1. The molecule has 3 atom stereocenters. The number of ether oxygens (including phenoxy) is 1. The lowest BCUT2D eigenvalue weighted by atomic mass is 9.78. The second-order valence-corrected chi connectivity index (χ2v) is 6.04. The van der Waals surface area contributed by atoms with Gasteiger partial charge in [0, 0.05) is 17.6 Å². The van der Waals surface area contributed by atoms with Gasteiger partial charge in [0.25, 0.3) is 0 Å². The second-order valence-electron chi connectivity index (χ2n) is 6.04. The average molecular weight is 261 g/mol. The Bertz CT molecular complexity index is 394. The summed E-state index contributed by atoms with van der Waals surface area (Å²) >= 11 is 0. The van der Waals surface area contributed by atoms with Crippen LogP contribution in [0.25, 0.3) is 0 Å². The highest BCUT2D eigenvalue weighted by molar-refractivity contribution is 5.35. The summed E-state index contributed by atoms with van der Waals surface area (Å²) in [5.41, 5.74) is 1.26. The summed E-state index contributed by atoms with van der Waals surface area (Å²) in [6, 6.07) is 9.28. The Morgan fingerprint density at radius 1 is 1.16 bits per heavy atom. The molecule has 0 amide bonds. The van der Waals surface area contributed by atoms with Crippen molar-refractivity contribution in [3.05, 3.63) is 29.8 Å². The summed E-state index contributed by atoms with van der Waals surface area (Å²) in [7, 11) is 1.75. The number of hydrogen-bond acceptors (Lipinski definition) is 2. The third kappa shape index (κ3) is 3.30. The van der Waals surface area contributed by atoms with Gasteiger partial charge in [-0.3, -0.25) is 0 Å². The molecule has 1 aromatic rings. The molecule has 0 radical (unpaired) electrons. The Morgan fingerprint density at radius 2 is 1.79 bits per heavy atom. The van der Waals surface area contributed by atoms with E-state index in [4.69, 9.17) is 4.74 Å². The molecule has 1 saturated carbocycles. The maximum absolute atomic E-state index is 5.47. The van der Waals surface area contributed by atoms with Crippen molar-refractivity contribution in [3.63, 3.8) is 0 Å². The van der Waals surface area contributed by atoms with Gasteiger partial charge >= 0.3 is 0 Å². The third-order valence-corrected chi connectivity index (χ3v) is 4.59. The molecule has 0 heterocycles. The fourth-order valence-corrected chi connectivity index (χ4v) is 3.41. The monoisotopic (exact) mass is 261 g/mol. The molecule has 0 aliphatic heterocycles. The molecule has 0 spiro atoms. The predicted molar refractivity (Wildman–Crippen MR) is 80.5 cm³/mol. The zero-order chi connectivity index (χ0) is 13.8. The van der Waals surface area contributed by atoms with E-state index in [1.54, 1.807) is 7.11 Å². The number of hydrogen-bond donors (Lipinski definition) is 1. The molecule has 0 bridgehead atoms. The number of para-hydroxylation sites is 1. The van der Waals surface area contributed by atoms with Crippen LogP contribution in [0.3, 0.4) is 0 Å². The second kappa shape index (κ2) is 6.42. The first-order valence-corrected chi connectivity index (χ1v) is 7.52. The molecule has 2 rings (SSSR count). The number of methoxy groups -OCH3 is 1. The average Bonchev–Trinajstić information content (AvgIpc) is 2.42. The Kier molecular flexibility index (Phi) is 4.87. The van der Waals surface area contributed by atoms with Gasteiger partial charge in [-0.05, 0) is 37.7 Å². The zero-order valence-electron chi connectivity index (χ0n) is 12.6. The predicted octanol–water partition coefficient (Wildman–Crippen LogP) is 4.17. The van der Waals surface area contributed by atoms with Crippen molar-refractivity contribution in [1.29, 1.82) is 0 Å². The van der Waals surface area contributed by atoms with E-state index in [1.807, 2.05) is 12.1 Å². The molecule has 19 heavy (non-hydrogen) atoms. The van der Waals surface area contributed by atoms with Crippen molar-refractivity contribution < 1.29 is 4.74 Å². The molecule has 1 N–H and O–H groups in total. The van der Waals surface area contributed by atoms with E-state index < -0.39 is 0 Å². The van der Waals surface area contributed by atoms with Crippen LogP contribution in [-0.4, -0.2) is 13.2 Å². The summed E-state index contributed by atoms with van der Waals surface area (Å²) in [5.74, 6) is 2.51. The van der Waals surface area contributed by atoms with Gasteiger partial charge < -0.3 is 10.1 Å². The SMILES string of the molecule is COc1ccccc1[C@@H](C)NC1C(C)CCCC1C. The minimum Gasteiger partial charge on any atom is -0.496 e. The Hall–Kier alpha value is -1.02. The van der Waals surface area contributed by atoms with Crippen molar-refractivity contribution >= 4 is 0 Å². The normalized spacial score (nSPS) is 28.9. The third-order valence-electron chi connectivity index (χ3n) is 4.59. The molecule has 1 aliphatic carbocycles. The topological polar surface area (TPSA) is 21.3 Å². The summed E-state index contributed by atoms with van der Waals surface area (Å²) in [4.78, 5) is 0. The van der Waals surface area contributed by atoms with Crippen molar-refractivity contribution in [2.24, 2.45) is 11.8 Å². The van der Waals surface area contributed by atoms with E-state index >= 15 is 0 Å². The molecule has 0 aromatic heterocycles. The van der Waals surface area contributed by atoms with Crippen LogP contribution in [0, 0.1) is 11.8 Å². The molecule has 2 unspecified atom stereocenters. The van der Waals surface area contributed by atoms with E-state index in [2.05, 4.69) is 38.2 Å². The molecule has 2 heteroatoms. The van der Waals surface area contributed by atoms with Crippen molar-refractivity contribution in [2.45, 2.75) is 52.1 Å². The van der Waals surface area contributed by atoms with Gasteiger partial charge in [0.15, 0.2) is 0 Å². The van der Waals surface area contributed by atoms with Crippen LogP contribution in [0.4, 0.5) is 0 Å². The van der Waals surface area contributed by atoms with Crippen LogP contribution in [0.1, 0.15) is 51.6 Å². The van der Waals surface area contributed by atoms with E-state index in [0.29, 0.717) is 12.1 Å². The number of rotatable bonds is 4. The highest BCUT2D eigenvalue weighted by Crippen LogP contribution is 2.32. The van der Waals surface area contributed by atoms with Crippen molar-refractivity contribution in [2.75, 3.05) is 7.11 Å². The van der Waals surface area contributed by atoms with Gasteiger partial charge in [0.1, 0.15) is 5.75 Å². The molecule has 0 saturated heterocycles. The van der Waals surface area contributed by atoms with E-state index in [-0.39, 0.29) is 0 Å². The van der Waals surface area contributed by atoms with E-state index in [9.17, 15) is 0 Å². The van der Waals surface area contributed by atoms with Gasteiger partial charge in [-0.15, -0.1) is 0 Å². The molecule has 1 aromatic carbocycles. The number of nitrogens with one attached hydrogen (secondary N) is 1. The first-order chi connectivity index (χ1) is 9.13. The smallest absolute Gasteiger partial charge is 0.123 e. The van der Waals surface area contributed by atoms with Crippen LogP contribution < -0.4 is 10.1 Å². The van der Waals surface area contributed by atoms with Crippen LogP contribution in [0.2, 0.25) is 0 Å². The minimum absolute atomic E-state index is 0.337. The lowest BCUT2D eigenvalue weighted by Gasteiger charge is -2.37. The Morgan fingerprint density at radius 3 is 2.42 bits per heavy atom. The summed E-state index contributed by atoms with van der Waals surface area (Å²) in [6.07, 6.45) is 4.07. The van der Waals surface area contributed by atoms with Crippen LogP contribution >= 0.6 is 0 Å². The fraction of sp³-hybridized carbons (Fsp3) is 0.647. The lowest BCUT2D eigenvalue weighted by Crippen LogP contribution is -2.43. The van der Waals surface area contributed by atoms with E-state index in [1.165, 1.54) is 24.8 Å². The minimum atomic E-state index is 0.337. The molecule has 1 fully saturated rings. The summed E-state index contributed by atoms with van der Waals surface area (Å²) in [5, 5.41) is 3.83. The first-order valence-electron chi connectivity index (χ1n) is 7.52. The fourth-order valence-electron chi connectivity index (χ4n) is 3.41. The van der Waals surface area contributed by atoms with Crippen LogP contribution in [-0.2, 0) is 0 Å². The van der Waals surface area contributed by atoms with Gasteiger partial charge in [-0.25, -0.2) is 0 Å². The van der Waals surface area contributed by atoms with Crippen LogP contribution in [0.5, 0.6) is 5.75 Å². The van der Waals surface area contributed by atoms with E-state index in [0.717, 1.165) is 17.6 Å². The Labute approximate surface area is 117 Å². The van der Waals surface area contributed by atoms with Gasteiger partial charge in [-0.2, -0.15) is 0 Å². The zero-order valence-corrected chi connectivity index (χ0v) is 12.6. The lowest BCUT2D eigenvalue weighted by molar-refractivity contribution is 0.195. The van der Waals surface area contributed by atoms with Gasteiger partial charge in [0.2, 0.25) is 0 Å².